The van der Waals surface area contributed by atoms with Crippen molar-refractivity contribution in [2.75, 3.05) is 11.4 Å². The van der Waals surface area contributed by atoms with Crippen LogP contribution in [0.25, 0.3) is 0 Å². The molecule has 4 heteroatoms. The van der Waals surface area contributed by atoms with E-state index >= 15 is 0 Å². The van der Waals surface area contributed by atoms with Gasteiger partial charge in [0.15, 0.2) is 5.82 Å². The summed E-state index contributed by atoms with van der Waals surface area (Å²) in [6.45, 7) is 2.77. The molecule has 1 saturated heterocycles. The third-order valence-corrected chi connectivity index (χ3v) is 2.45. The zero-order valence-corrected chi connectivity index (χ0v) is 7.90. The first-order valence-electron chi connectivity index (χ1n) is 4.49. The van der Waals surface area contributed by atoms with Crippen molar-refractivity contribution in [3.8, 4) is 0 Å². The van der Waals surface area contributed by atoms with Gasteiger partial charge in [0, 0.05) is 31.8 Å². The standard InChI is InChI=1S/C9H13N3O/c1-7-3-6-12(9(7)13)8-4-5-11(2)10-8/h4-5,7H,3,6H2,1-2H3. The molecule has 4 nitrogen and oxygen atoms in total. The lowest BCUT2D eigenvalue weighted by Crippen LogP contribution is -2.26. The van der Waals surface area contributed by atoms with E-state index in [2.05, 4.69) is 5.10 Å². The molecule has 1 unspecified atom stereocenters. The molecule has 2 heterocycles. The molecule has 0 aliphatic carbocycles. The van der Waals surface area contributed by atoms with Gasteiger partial charge in [-0.05, 0) is 6.42 Å². The molecule has 1 aliphatic heterocycles. The van der Waals surface area contributed by atoms with Crippen LogP contribution < -0.4 is 4.90 Å². The van der Waals surface area contributed by atoms with Crippen molar-refractivity contribution >= 4 is 11.7 Å². The predicted molar refractivity (Wildman–Crippen MR) is 49.3 cm³/mol. The SMILES string of the molecule is CC1CCN(c2ccn(C)n2)C1=O. The monoisotopic (exact) mass is 179 g/mol. The average molecular weight is 179 g/mol. The maximum atomic E-state index is 11.6. The van der Waals surface area contributed by atoms with Crippen LogP contribution in [0.2, 0.25) is 0 Å². The van der Waals surface area contributed by atoms with Gasteiger partial charge in [0.1, 0.15) is 0 Å². The molecule has 2 rings (SSSR count). The summed E-state index contributed by atoms with van der Waals surface area (Å²) in [5.74, 6) is 1.12. The van der Waals surface area contributed by atoms with Crippen molar-refractivity contribution < 1.29 is 4.79 Å². The minimum absolute atomic E-state index is 0.155. The number of carbonyl (C=O) groups is 1. The van der Waals surface area contributed by atoms with Gasteiger partial charge in [-0.15, -0.1) is 0 Å². The van der Waals surface area contributed by atoms with Crippen LogP contribution in [0.1, 0.15) is 13.3 Å². The van der Waals surface area contributed by atoms with Crippen molar-refractivity contribution in [1.29, 1.82) is 0 Å². The predicted octanol–water partition coefficient (Wildman–Crippen LogP) is 0.793. The number of nitrogens with zero attached hydrogens (tertiary/aromatic N) is 3. The molecule has 1 atom stereocenters. The lowest BCUT2D eigenvalue weighted by molar-refractivity contribution is -0.119. The first kappa shape index (κ1) is 8.29. The second-order valence-electron chi connectivity index (χ2n) is 3.53. The summed E-state index contributed by atoms with van der Waals surface area (Å²) < 4.78 is 1.71. The summed E-state index contributed by atoms with van der Waals surface area (Å²) in [6, 6.07) is 1.87. The Bertz CT molecular complexity index is 331. The second kappa shape index (κ2) is 2.87. The molecule has 0 saturated carbocycles. The third kappa shape index (κ3) is 1.32. The van der Waals surface area contributed by atoms with E-state index in [-0.39, 0.29) is 11.8 Å². The number of hydrogen-bond donors (Lipinski definition) is 0. The first-order chi connectivity index (χ1) is 6.18. The van der Waals surface area contributed by atoms with Gasteiger partial charge in [-0.1, -0.05) is 6.92 Å². The zero-order chi connectivity index (χ0) is 9.42. The van der Waals surface area contributed by atoms with Gasteiger partial charge in [0.25, 0.3) is 0 Å². The quantitative estimate of drug-likeness (QED) is 0.639. The Morgan fingerprint density at radius 3 is 2.85 bits per heavy atom. The Morgan fingerprint density at radius 1 is 1.62 bits per heavy atom. The fraction of sp³-hybridized carbons (Fsp3) is 0.556. The highest BCUT2D eigenvalue weighted by Crippen LogP contribution is 2.22. The fourth-order valence-corrected chi connectivity index (χ4v) is 1.60. The van der Waals surface area contributed by atoms with Gasteiger partial charge < -0.3 is 0 Å². The molecule has 13 heavy (non-hydrogen) atoms. The van der Waals surface area contributed by atoms with Crippen molar-refractivity contribution in [1.82, 2.24) is 9.78 Å². The van der Waals surface area contributed by atoms with E-state index in [0.29, 0.717) is 0 Å². The van der Waals surface area contributed by atoms with Crippen LogP contribution >= 0.6 is 0 Å². The van der Waals surface area contributed by atoms with E-state index in [1.54, 1.807) is 9.58 Å². The molecule has 1 aromatic heterocycles. The minimum Gasteiger partial charge on any atom is -0.295 e. The summed E-state index contributed by atoms with van der Waals surface area (Å²) in [4.78, 5) is 13.3. The Hall–Kier alpha value is -1.32. The number of rotatable bonds is 1. The number of anilines is 1. The van der Waals surface area contributed by atoms with Gasteiger partial charge in [-0.3, -0.25) is 14.4 Å². The summed E-state index contributed by atoms with van der Waals surface area (Å²) >= 11 is 0. The van der Waals surface area contributed by atoms with Crippen LogP contribution in [0.15, 0.2) is 12.3 Å². The molecule has 1 aromatic rings. The molecular weight excluding hydrogens is 166 g/mol. The Balaban J connectivity index is 2.23. The summed E-state index contributed by atoms with van der Waals surface area (Å²) in [5, 5.41) is 4.20. The van der Waals surface area contributed by atoms with Crippen molar-refractivity contribution in [3.63, 3.8) is 0 Å². The van der Waals surface area contributed by atoms with Crippen LogP contribution in [-0.2, 0) is 11.8 Å². The van der Waals surface area contributed by atoms with Crippen molar-refractivity contribution in [2.24, 2.45) is 13.0 Å². The minimum atomic E-state index is 0.155. The maximum Gasteiger partial charge on any atom is 0.231 e. The lowest BCUT2D eigenvalue weighted by atomic mass is 10.1. The molecule has 0 aromatic carbocycles. The lowest BCUT2D eigenvalue weighted by Gasteiger charge is -2.11. The van der Waals surface area contributed by atoms with Crippen LogP contribution in [0.5, 0.6) is 0 Å². The average Bonchev–Trinajstić information content (AvgIpc) is 2.62. The van der Waals surface area contributed by atoms with Gasteiger partial charge in [-0.25, -0.2) is 0 Å². The number of carbonyl (C=O) groups excluding carboxylic acids is 1. The summed E-state index contributed by atoms with van der Waals surface area (Å²) in [6.07, 6.45) is 2.79. The highest BCUT2D eigenvalue weighted by atomic mass is 16.2. The Labute approximate surface area is 77.1 Å². The van der Waals surface area contributed by atoms with Gasteiger partial charge in [0.05, 0.1) is 0 Å². The fourth-order valence-electron chi connectivity index (χ4n) is 1.60. The van der Waals surface area contributed by atoms with Crippen molar-refractivity contribution in [3.05, 3.63) is 12.3 Å². The van der Waals surface area contributed by atoms with E-state index in [4.69, 9.17) is 0 Å². The zero-order valence-electron chi connectivity index (χ0n) is 7.90. The molecule has 0 radical (unpaired) electrons. The number of aromatic nitrogens is 2. The van der Waals surface area contributed by atoms with E-state index in [0.717, 1.165) is 18.8 Å². The number of aryl methyl sites for hydroxylation is 1. The molecule has 0 spiro atoms. The summed E-state index contributed by atoms with van der Waals surface area (Å²) in [7, 11) is 1.85. The molecule has 1 aliphatic rings. The Morgan fingerprint density at radius 2 is 2.38 bits per heavy atom. The summed E-state index contributed by atoms with van der Waals surface area (Å²) in [5.41, 5.74) is 0. The van der Waals surface area contributed by atoms with E-state index in [9.17, 15) is 4.79 Å². The molecule has 0 bridgehead atoms. The highest BCUT2D eigenvalue weighted by molar-refractivity contribution is 5.95. The first-order valence-corrected chi connectivity index (χ1v) is 4.49. The third-order valence-electron chi connectivity index (χ3n) is 2.45. The smallest absolute Gasteiger partial charge is 0.231 e. The van der Waals surface area contributed by atoms with Crippen LogP contribution in [0, 0.1) is 5.92 Å². The molecule has 70 valence electrons. The number of hydrogen-bond acceptors (Lipinski definition) is 2. The maximum absolute atomic E-state index is 11.6. The van der Waals surface area contributed by atoms with E-state index in [1.807, 2.05) is 26.2 Å². The number of amides is 1. The molecule has 1 fully saturated rings. The molecule has 1 amide bonds. The Kier molecular flexibility index (Phi) is 1.83. The van der Waals surface area contributed by atoms with Gasteiger partial charge in [-0.2, -0.15) is 5.10 Å². The van der Waals surface area contributed by atoms with Crippen molar-refractivity contribution in [2.45, 2.75) is 13.3 Å². The molecular formula is C9H13N3O. The van der Waals surface area contributed by atoms with Gasteiger partial charge in [0.2, 0.25) is 5.91 Å². The van der Waals surface area contributed by atoms with Crippen LogP contribution in [0.3, 0.4) is 0 Å². The van der Waals surface area contributed by atoms with Gasteiger partial charge >= 0.3 is 0 Å². The second-order valence-corrected chi connectivity index (χ2v) is 3.53. The largest absolute Gasteiger partial charge is 0.295 e. The highest BCUT2D eigenvalue weighted by Gasteiger charge is 2.29. The van der Waals surface area contributed by atoms with E-state index in [1.165, 1.54) is 0 Å². The molecule has 0 N–H and O–H groups in total. The van der Waals surface area contributed by atoms with Crippen LogP contribution in [-0.4, -0.2) is 22.2 Å². The van der Waals surface area contributed by atoms with Crippen LogP contribution in [0.4, 0.5) is 5.82 Å². The van der Waals surface area contributed by atoms with E-state index < -0.39 is 0 Å². The topological polar surface area (TPSA) is 38.1 Å². The normalized spacial score (nSPS) is 22.8.